The first-order valence-corrected chi connectivity index (χ1v) is 16.2. The summed E-state index contributed by atoms with van der Waals surface area (Å²) in [5.74, 6) is 1.24. The zero-order valence-electron chi connectivity index (χ0n) is 26.0. The lowest BCUT2D eigenvalue weighted by Gasteiger charge is -2.25. The third-order valence-corrected chi connectivity index (χ3v) is 8.72. The molecule has 10 heteroatoms. The molecule has 0 saturated heterocycles. The lowest BCUT2D eigenvalue weighted by molar-refractivity contribution is -0.139. The van der Waals surface area contributed by atoms with Gasteiger partial charge in [0.15, 0.2) is 16.3 Å². The number of benzene rings is 3. The summed E-state index contributed by atoms with van der Waals surface area (Å²) >= 11 is 4.89. The highest BCUT2D eigenvalue weighted by Crippen LogP contribution is 2.36. The van der Waals surface area contributed by atoms with Crippen LogP contribution in [0.3, 0.4) is 0 Å². The van der Waals surface area contributed by atoms with Gasteiger partial charge in [0, 0.05) is 0 Å². The number of hydrogen-bond acceptors (Lipinski definition) is 8. The fourth-order valence-corrected chi connectivity index (χ4v) is 6.71. The van der Waals surface area contributed by atoms with Gasteiger partial charge in [-0.05, 0) is 97.6 Å². The number of carbonyl (C=O) groups excluding carboxylic acids is 1. The van der Waals surface area contributed by atoms with Crippen LogP contribution in [-0.2, 0) is 16.1 Å². The molecule has 2 heterocycles. The molecule has 8 nitrogen and oxygen atoms in total. The SMILES string of the molecule is CCOC(=O)C1=C(C)N=c2s/c(=C\c3ccc(OCc4cccc(C)c4)c(Br)c3)c(=O)n2[C@H]1c1ccc(OC(C)C)c(OC)c1. The molecular weight excluding hydrogens is 656 g/mol. The maximum absolute atomic E-state index is 14.1. The van der Waals surface area contributed by atoms with Gasteiger partial charge in [0.25, 0.3) is 5.56 Å². The molecule has 0 fully saturated rings. The molecule has 5 rings (SSSR count). The summed E-state index contributed by atoms with van der Waals surface area (Å²) in [6, 6.07) is 18.5. The molecule has 0 bridgehead atoms. The predicted molar refractivity (Wildman–Crippen MR) is 179 cm³/mol. The number of carbonyl (C=O) groups is 1. The molecular formula is C35H35BrN2O6S. The van der Waals surface area contributed by atoms with Crippen LogP contribution in [0.2, 0.25) is 0 Å². The van der Waals surface area contributed by atoms with E-state index < -0.39 is 12.0 Å². The summed E-state index contributed by atoms with van der Waals surface area (Å²) in [4.78, 5) is 32.5. The molecule has 45 heavy (non-hydrogen) atoms. The van der Waals surface area contributed by atoms with E-state index in [4.69, 9.17) is 18.9 Å². The highest BCUT2D eigenvalue weighted by atomic mass is 79.9. The summed E-state index contributed by atoms with van der Waals surface area (Å²) in [7, 11) is 1.56. The Hall–Kier alpha value is -4.15. The van der Waals surface area contributed by atoms with Crippen molar-refractivity contribution in [2.24, 2.45) is 4.99 Å². The fraction of sp³-hybridized carbons (Fsp3) is 0.286. The lowest BCUT2D eigenvalue weighted by atomic mass is 9.95. The van der Waals surface area contributed by atoms with Crippen LogP contribution in [0.1, 0.15) is 56.0 Å². The number of hydrogen-bond donors (Lipinski definition) is 0. The van der Waals surface area contributed by atoms with Gasteiger partial charge in [0.1, 0.15) is 12.4 Å². The minimum Gasteiger partial charge on any atom is -0.493 e. The van der Waals surface area contributed by atoms with Gasteiger partial charge >= 0.3 is 5.97 Å². The lowest BCUT2D eigenvalue weighted by Crippen LogP contribution is -2.40. The topological polar surface area (TPSA) is 88.4 Å². The zero-order chi connectivity index (χ0) is 32.2. The van der Waals surface area contributed by atoms with Gasteiger partial charge in [0.2, 0.25) is 0 Å². The number of nitrogens with zero attached hydrogens (tertiary/aromatic N) is 2. The average molecular weight is 692 g/mol. The molecule has 3 aromatic carbocycles. The molecule has 1 aliphatic rings. The molecule has 0 aliphatic carbocycles. The van der Waals surface area contributed by atoms with Crippen molar-refractivity contribution in [1.29, 1.82) is 0 Å². The molecule has 4 aromatic rings. The van der Waals surface area contributed by atoms with E-state index in [1.54, 1.807) is 37.7 Å². The molecule has 1 aromatic heterocycles. The van der Waals surface area contributed by atoms with Gasteiger partial charge < -0.3 is 18.9 Å². The zero-order valence-corrected chi connectivity index (χ0v) is 28.5. The molecule has 0 saturated carbocycles. The number of ether oxygens (including phenoxy) is 4. The Morgan fingerprint density at radius 3 is 2.53 bits per heavy atom. The molecule has 0 spiro atoms. The highest BCUT2D eigenvalue weighted by Gasteiger charge is 2.34. The van der Waals surface area contributed by atoms with Crippen molar-refractivity contribution in [3.63, 3.8) is 0 Å². The smallest absolute Gasteiger partial charge is 0.338 e. The van der Waals surface area contributed by atoms with Crippen LogP contribution < -0.4 is 29.1 Å². The van der Waals surface area contributed by atoms with Gasteiger partial charge in [-0.2, -0.15) is 0 Å². The van der Waals surface area contributed by atoms with Crippen molar-refractivity contribution in [2.75, 3.05) is 13.7 Å². The van der Waals surface area contributed by atoms with Crippen molar-refractivity contribution >= 4 is 39.3 Å². The van der Waals surface area contributed by atoms with Crippen LogP contribution >= 0.6 is 27.3 Å². The van der Waals surface area contributed by atoms with E-state index in [1.165, 1.54) is 16.9 Å². The van der Waals surface area contributed by atoms with Gasteiger partial charge in [-0.1, -0.05) is 53.3 Å². The van der Waals surface area contributed by atoms with E-state index in [-0.39, 0.29) is 18.3 Å². The van der Waals surface area contributed by atoms with E-state index in [0.717, 1.165) is 15.6 Å². The normalized spacial score (nSPS) is 14.7. The molecule has 234 valence electrons. The summed E-state index contributed by atoms with van der Waals surface area (Å²) < 4.78 is 25.8. The van der Waals surface area contributed by atoms with Crippen molar-refractivity contribution in [1.82, 2.24) is 4.57 Å². The van der Waals surface area contributed by atoms with Crippen molar-refractivity contribution < 1.29 is 23.7 Å². The van der Waals surface area contributed by atoms with Gasteiger partial charge in [-0.25, -0.2) is 9.79 Å². The molecule has 1 atom stereocenters. The standard InChI is InChI=1S/C35H35BrN2O6S/c1-7-42-34(40)31-22(5)37-35-38(32(31)25-12-14-28(44-20(2)3)29(18-25)41-6)33(39)30(45-35)17-23-11-13-27(26(36)16-23)43-19-24-10-8-9-21(4)15-24/h8-18,20,32H,7,19H2,1-6H3/b30-17-/t32-/m0/s1. The third kappa shape index (κ3) is 7.07. The Morgan fingerprint density at radius 1 is 1.07 bits per heavy atom. The van der Waals surface area contributed by atoms with Gasteiger partial charge in [-0.15, -0.1) is 0 Å². The second-order valence-electron chi connectivity index (χ2n) is 10.8. The number of esters is 1. The van der Waals surface area contributed by atoms with E-state index >= 15 is 0 Å². The summed E-state index contributed by atoms with van der Waals surface area (Å²) in [6.45, 7) is 10.1. The minimum absolute atomic E-state index is 0.0616. The molecule has 1 aliphatic heterocycles. The first kappa shape index (κ1) is 32.2. The Labute approximate surface area is 274 Å². The quantitative estimate of drug-likeness (QED) is 0.183. The number of aromatic nitrogens is 1. The van der Waals surface area contributed by atoms with Crippen LogP contribution in [0, 0.1) is 6.92 Å². The van der Waals surface area contributed by atoms with E-state index in [2.05, 4.69) is 40.0 Å². The van der Waals surface area contributed by atoms with Crippen LogP contribution in [0.25, 0.3) is 6.08 Å². The Balaban J connectivity index is 1.55. The predicted octanol–water partition coefficient (Wildman–Crippen LogP) is 6.24. The maximum Gasteiger partial charge on any atom is 0.338 e. The Morgan fingerprint density at radius 2 is 1.84 bits per heavy atom. The van der Waals surface area contributed by atoms with Crippen LogP contribution in [-0.4, -0.2) is 30.4 Å². The summed E-state index contributed by atoms with van der Waals surface area (Å²) in [6.07, 6.45) is 1.76. The molecule has 0 N–H and O–H groups in total. The Kier molecular flexibility index (Phi) is 9.94. The van der Waals surface area contributed by atoms with Gasteiger partial charge in [0.05, 0.1) is 46.1 Å². The summed E-state index contributed by atoms with van der Waals surface area (Å²) in [5, 5.41) is 0. The number of halogens is 1. The highest BCUT2D eigenvalue weighted by molar-refractivity contribution is 9.10. The number of aryl methyl sites for hydroxylation is 1. The number of methoxy groups -OCH3 is 1. The minimum atomic E-state index is -0.770. The number of fused-ring (bicyclic) bond motifs is 1. The third-order valence-electron chi connectivity index (χ3n) is 7.11. The average Bonchev–Trinajstić information content (AvgIpc) is 3.29. The van der Waals surface area contributed by atoms with Crippen molar-refractivity contribution in [3.05, 3.63) is 118 Å². The molecule has 0 radical (unpaired) electrons. The molecule has 0 unspecified atom stereocenters. The monoisotopic (exact) mass is 690 g/mol. The maximum atomic E-state index is 14.1. The van der Waals surface area contributed by atoms with Crippen molar-refractivity contribution in [2.45, 2.75) is 53.4 Å². The number of thiazole rings is 1. The van der Waals surface area contributed by atoms with E-state index in [0.29, 0.717) is 50.0 Å². The van der Waals surface area contributed by atoms with Crippen molar-refractivity contribution in [3.8, 4) is 17.2 Å². The second-order valence-corrected chi connectivity index (χ2v) is 12.7. The van der Waals surface area contributed by atoms with Crippen LogP contribution in [0.4, 0.5) is 0 Å². The first-order chi connectivity index (χ1) is 21.6. The largest absolute Gasteiger partial charge is 0.493 e. The second kappa shape index (κ2) is 13.9. The van der Waals surface area contributed by atoms with Gasteiger partial charge in [-0.3, -0.25) is 9.36 Å². The van der Waals surface area contributed by atoms with E-state index in [9.17, 15) is 9.59 Å². The van der Waals surface area contributed by atoms with E-state index in [1.807, 2.05) is 56.3 Å². The fourth-order valence-electron chi connectivity index (χ4n) is 5.15. The first-order valence-electron chi connectivity index (χ1n) is 14.6. The number of rotatable bonds is 10. The van der Waals surface area contributed by atoms with Crippen LogP contribution in [0.15, 0.2) is 86.2 Å². The van der Waals surface area contributed by atoms with Crippen LogP contribution in [0.5, 0.6) is 17.2 Å². The molecule has 0 amide bonds. The Bertz CT molecular complexity index is 1960. The summed E-state index contributed by atoms with van der Waals surface area (Å²) in [5.41, 5.74) is 4.26. The number of allylic oxidation sites excluding steroid dienone is 1.